The van der Waals surface area contributed by atoms with Crippen LogP contribution >= 0.6 is 24.8 Å². The third kappa shape index (κ3) is 10.5. The fraction of sp³-hybridized carbons (Fsp3) is 0.444. The molecule has 0 saturated carbocycles. The summed E-state index contributed by atoms with van der Waals surface area (Å²) >= 11 is 0. The van der Waals surface area contributed by atoms with Crippen LogP contribution in [0.4, 0.5) is 0 Å². The molecule has 1 aliphatic carbocycles. The van der Waals surface area contributed by atoms with Crippen LogP contribution in [0.2, 0.25) is 19.6 Å². The summed E-state index contributed by atoms with van der Waals surface area (Å²) in [6.07, 6.45) is 8.82. The number of aromatic hydroxyl groups is 1. The number of halogens is 2. The first-order valence-corrected chi connectivity index (χ1v) is 10.7. The molecule has 0 spiro atoms. The molecule has 0 aromatic heterocycles. The second-order valence-corrected chi connectivity index (χ2v) is 12.3. The molecule has 0 radical (unpaired) electrons. The second-order valence-electron chi connectivity index (χ2n) is 7.25. The molecule has 1 aromatic carbocycles. The molecule has 0 unspecified atom stereocenters. The Kier molecular flexibility index (Phi) is 14.0. The molecule has 130 valence electrons. The van der Waals surface area contributed by atoms with Crippen LogP contribution in [-0.4, -0.2) is 13.2 Å². The Balaban J connectivity index is -0.000000312. The summed E-state index contributed by atoms with van der Waals surface area (Å²) in [5.41, 5.74) is 1.29. The molecular weight excluding hydrogens is 379 g/mol. The fourth-order valence-corrected chi connectivity index (χ4v) is 3.14. The molecule has 23 heavy (non-hydrogen) atoms. The van der Waals surface area contributed by atoms with Crippen molar-refractivity contribution in [3.63, 3.8) is 0 Å². The number of benzene rings is 1. The van der Waals surface area contributed by atoms with Gasteiger partial charge in [0, 0.05) is 29.8 Å². The normalized spacial score (nSPS) is 12.7. The Hall–Kier alpha value is 0.0112. The molecule has 2 rings (SSSR count). The summed E-state index contributed by atoms with van der Waals surface area (Å²) in [4.78, 5) is 0. The third-order valence-corrected chi connectivity index (χ3v) is 5.17. The monoisotopic (exact) mass is 407 g/mol. The topological polar surface area (TPSA) is 20.2 Å². The van der Waals surface area contributed by atoms with Crippen molar-refractivity contribution in [2.45, 2.75) is 52.2 Å². The summed E-state index contributed by atoms with van der Waals surface area (Å²) < 4.78 is 0. The maximum Gasteiger partial charge on any atom is 0.115 e. The molecule has 1 aliphatic rings. The maximum absolute atomic E-state index is 9.18. The molecule has 0 saturated heterocycles. The standard InChI is InChI=1S/C10H14O.C8H13Si.2ClH.Ti/c1-10(2,3)8-5-4-6-9(11)7-8;1-9(2,3)8-6-4-5-7-8;;;/h4-7,11H,1-3H3;4,6H,5H2,1-3H3;2*1H;/q;-1;;;. The SMILES string of the molecule is CC(C)(C)c1cccc(O)c1.C[Si](C)(C)C1=[C-]CC=C1.Cl.Cl.[Ti]. The van der Waals surface area contributed by atoms with Crippen molar-refractivity contribution in [3.8, 4) is 5.75 Å². The Labute approximate surface area is 170 Å². The van der Waals surface area contributed by atoms with E-state index in [0.29, 0.717) is 5.75 Å². The minimum absolute atomic E-state index is 0. The number of phenols is 1. The van der Waals surface area contributed by atoms with Crippen molar-refractivity contribution in [1.29, 1.82) is 0 Å². The van der Waals surface area contributed by atoms with Gasteiger partial charge in [0.05, 0.1) is 0 Å². The van der Waals surface area contributed by atoms with Gasteiger partial charge >= 0.3 is 0 Å². The Morgan fingerprint density at radius 3 is 1.91 bits per heavy atom. The van der Waals surface area contributed by atoms with Crippen LogP contribution in [0.5, 0.6) is 5.75 Å². The van der Waals surface area contributed by atoms with Crippen LogP contribution in [0.25, 0.3) is 0 Å². The second kappa shape index (κ2) is 11.5. The minimum Gasteiger partial charge on any atom is -0.508 e. The van der Waals surface area contributed by atoms with Crippen molar-refractivity contribution in [2.75, 3.05) is 0 Å². The Morgan fingerprint density at radius 2 is 1.65 bits per heavy atom. The van der Waals surface area contributed by atoms with Crippen LogP contribution in [0.3, 0.4) is 0 Å². The van der Waals surface area contributed by atoms with Gasteiger partial charge in [-0.2, -0.15) is 6.08 Å². The molecule has 0 fully saturated rings. The van der Waals surface area contributed by atoms with Crippen molar-refractivity contribution >= 4 is 32.9 Å². The van der Waals surface area contributed by atoms with E-state index in [1.165, 1.54) is 5.20 Å². The number of phenolic OH excluding ortho intramolecular Hbond substituents is 1. The van der Waals surface area contributed by atoms with Gasteiger partial charge in [0.25, 0.3) is 0 Å². The van der Waals surface area contributed by atoms with E-state index in [1.54, 1.807) is 12.1 Å². The van der Waals surface area contributed by atoms with E-state index in [1.807, 2.05) is 12.1 Å². The summed E-state index contributed by atoms with van der Waals surface area (Å²) in [6.45, 7) is 13.4. The Morgan fingerprint density at radius 1 is 1.09 bits per heavy atom. The predicted molar refractivity (Wildman–Crippen MR) is 105 cm³/mol. The maximum atomic E-state index is 9.18. The molecule has 5 heteroatoms. The first-order chi connectivity index (χ1) is 9.10. The summed E-state index contributed by atoms with van der Waals surface area (Å²) in [5.74, 6) is 0.345. The van der Waals surface area contributed by atoms with Gasteiger partial charge in [-0.05, 0) is 23.1 Å². The van der Waals surface area contributed by atoms with E-state index in [0.717, 1.165) is 12.0 Å². The number of hydrogen-bond donors (Lipinski definition) is 1. The van der Waals surface area contributed by atoms with Crippen molar-refractivity contribution < 1.29 is 26.8 Å². The van der Waals surface area contributed by atoms with E-state index in [4.69, 9.17) is 0 Å². The molecule has 0 amide bonds. The predicted octanol–water partition coefficient (Wildman–Crippen LogP) is 6.08. The van der Waals surface area contributed by atoms with Gasteiger partial charge in [-0.15, -0.1) is 31.2 Å². The first-order valence-electron chi connectivity index (χ1n) is 7.18. The zero-order valence-corrected chi connectivity index (χ0v) is 19.1. The third-order valence-electron chi connectivity index (χ3n) is 3.22. The Bertz CT molecular complexity index is 514. The summed E-state index contributed by atoms with van der Waals surface area (Å²) in [5, 5.41) is 10.7. The summed E-state index contributed by atoms with van der Waals surface area (Å²) in [6, 6.07) is 7.39. The van der Waals surface area contributed by atoms with Crippen LogP contribution in [0, 0.1) is 6.08 Å². The summed E-state index contributed by atoms with van der Waals surface area (Å²) in [7, 11) is -1.01. The zero-order chi connectivity index (χ0) is 15.4. The van der Waals surface area contributed by atoms with E-state index >= 15 is 0 Å². The zero-order valence-electron chi connectivity index (χ0n) is 14.9. The van der Waals surface area contributed by atoms with E-state index in [9.17, 15) is 5.11 Å². The minimum atomic E-state index is -1.01. The van der Waals surface area contributed by atoms with Gasteiger partial charge in [-0.3, -0.25) is 6.08 Å². The van der Waals surface area contributed by atoms with Crippen LogP contribution < -0.4 is 0 Å². The van der Waals surface area contributed by atoms with Crippen LogP contribution in [-0.2, 0) is 27.1 Å². The van der Waals surface area contributed by atoms with Crippen molar-refractivity contribution in [3.05, 3.63) is 53.3 Å². The average Bonchev–Trinajstić information content (AvgIpc) is 2.81. The molecule has 1 nitrogen and oxygen atoms in total. The largest absolute Gasteiger partial charge is 0.508 e. The van der Waals surface area contributed by atoms with E-state index in [2.05, 4.69) is 58.6 Å². The smallest absolute Gasteiger partial charge is 0.115 e. The first kappa shape index (κ1) is 27.8. The van der Waals surface area contributed by atoms with Crippen LogP contribution in [0.15, 0.2) is 41.6 Å². The van der Waals surface area contributed by atoms with E-state index < -0.39 is 8.07 Å². The van der Waals surface area contributed by atoms with Gasteiger partial charge in [0.15, 0.2) is 0 Å². The molecule has 0 atom stereocenters. The van der Waals surface area contributed by atoms with E-state index in [-0.39, 0.29) is 51.9 Å². The van der Waals surface area contributed by atoms with Crippen molar-refractivity contribution in [2.24, 2.45) is 0 Å². The van der Waals surface area contributed by atoms with Crippen molar-refractivity contribution in [1.82, 2.24) is 0 Å². The van der Waals surface area contributed by atoms with Gasteiger partial charge in [-0.25, -0.2) is 11.3 Å². The van der Waals surface area contributed by atoms with Gasteiger partial charge < -0.3 is 5.11 Å². The number of allylic oxidation sites excluding steroid dienone is 4. The molecule has 0 heterocycles. The quantitative estimate of drug-likeness (QED) is 0.441. The molecule has 0 aliphatic heterocycles. The molecule has 0 bridgehead atoms. The fourth-order valence-electron chi connectivity index (χ4n) is 1.89. The van der Waals surface area contributed by atoms with Gasteiger partial charge in [0.1, 0.15) is 5.75 Å². The number of hydrogen-bond acceptors (Lipinski definition) is 1. The molecule has 1 N–H and O–H groups in total. The van der Waals surface area contributed by atoms with Crippen LogP contribution in [0.1, 0.15) is 32.8 Å². The molecular formula is C18H29Cl2OSiTi-. The average molecular weight is 408 g/mol. The van der Waals surface area contributed by atoms with Gasteiger partial charge in [0.2, 0.25) is 0 Å². The van der Waals surface area contributed by atoms with Gasteiger partial charge in [-0.1, -0.05) is 52.5 Å². The molecule has 1 aromatic rings. The number of rotatable bonds is 1.